The third kappa shape index (κ3) is 2.26. The van der Waals surface area contributed by atoms with Gasteiger partial charge >= 0.3 is 5.97 Å². The number of methoxy groups -OCH3 is 3. The monoisotopic (exact) mass is 252 g/mol. The number of esters is 1. The molecule has 0 aliphatic carbocycles. The first-order valence-electron chi connectivity index (χ1n) is 5.84. The molecule has 1 aromatic carbocycles. The largest absolute Gasteiger partial charge is 0.493 e. The van der Waals surface area contributed by atoms with Gasteiger partial charge in [0, 0.05) is 12.0 Å². The molecule has 0 unspecified atom stereocenters. The predicted octanol–water partition coefficient (Wildman–Crippen LogP) is -0.135. The van der Waals surface area contributed by atoms with Gasteiger partial charge in [0.25, 0.3) is 0 Å². The molecule has 0 fully saturated rings. The van der Waals surface area contributed by atoms with E-state index in [0.29, 0.717) is 12.2 Å². The number of fused-ring (bicyclic) bond motifs is 1. The lowest BCUT2D eigenvalue weighted by atomic mass is 9.95. The topological polar surface area (TPSA) is 61.4 Å². The van der Waals surface area contributed by atoms with Gasteiger partial charge in [0.05, 0.1) is 21.3 Å². The van der Waals surface area contributed by atoms with E-state index in [2.05, 4.69) is 0 Å². The average molecular weight is 252 g/mol. The smallest absolute Gasteiger partial charge is 0.364 e. The van der Waals surface area contributed by atoms with Crippen molar-refractivity contribution in [3.63, 3.8) is 0 Å². The zero-order valence-corrected chi connectivity index (χ0v) is 10.9. The zero-order valence-electron chi connectivity index (χ0n) is 10.9. The third-order valence-electron chi connectivity index (χ3n) is 3.27. The lowest BCUT2D eigenvalue weighted by molar-refractivity contribution is -0.696. The van der Waals surface area contributed by atoms with E-state index in [1.807, 2.05) is 17.4 Å². The Morgan fingerprint density at radius 2 is 1.78 bits per heavy atom. The minimum atomic E-state index is -0.185. The minimum absolute atomic E-state index is 0.166. The Balaban J connectivity index is 2.29. The number of carbonyl (C=O) groups excluding carboxylic acids is 1. The molecule has 0 aromatic heterocycles. The van der Waals surface area contributed by atoms with Crippen molar-refractivity contribution < 1.29 is 24.3 Å². The van der Waals surface area contributed by atoms with Gasteiger partial charge in [-0.1, -0.05) is 0 Å². The number of quaternary nitrogens is 1. The molecule has 5 nitrogen and oxygen atoms in total. The molecule has 0 amide bonds. The maximum atomic E-state index is 11.5. The highest BCUT2D eigenvalue weighted by atomic mass is 16.5. The second-order valence-electron chi connectivity index (χ2n) is 4.25. The van der Waals surface area contributed by atoms with Gasteiger partial charge in [-0.15, -0.1) is 0 Å². The van der Waals surface area contributed by atoms with Crippen LogP contribution in [-0.2, 0) is 22.5 Å². The van der Waals surface area contributed by atoms with Crippen LogP contribution in [0.4, 0.5) is 0 Å². The van der Waals surface area contributed by atoms with Gasteiger partial charge in [0.2, 0.25) is 0 Å². The molecule has 0 spiro atoms. The standard InChI is InChI=1S/C13H17NO4/c1-16-11-5-8-4-10(13(15)18-3)14-7-9(8)6-12(11)17-2/h5-6,10,14H,4,7H2,1-3H3/p+1/t10-/m0/s1. The maximum absolute atomic E-state index is 11.5. The van der Waals surface area contributed by atoms with Crippen molar-refractivity contribution in [3.8, 4) is 11.5 Å². The van der Waals surface area contributed by atoms with Crippen LogP contribution in [0.25, 0.3) is 0 Å². The van der Waals surface area contributed by atoms with Crippen LogP contribution >= 0.6 is 0 Å². The van der Waals surface area contributed by atoms with Crippen LogP contribution in [0.1, 0.15) is 11.1 Å². The number of hydrogen-bond acceptors (Lipinski definition) is 4. The van der Waals surface area contributed by atoms with Crippen molar-refractivity contribution >= 4 is 5.97 Å². The summed E-state index contributed by atoms with van der Waals surface area (Å²) in [4.78, 5) is 11.5. The fourth-order valence-electron chi connectivity index (χ4n) is 2.26. The number of carbonyl (C=O) groups is 1. The lowest BCUT2D eigenvalue weighted by Gasteiger charge is -2.22. The number of nitrogens with two attached hydrogens (primary N) is 1. The molecular formula is C13H18NO4+. The van der Waals surface area contributed by atoms with Crippen molar-refractivity contribution in [3.05, 3.63) is 23.3 Å². The van der Waals surface area contributed by atoms with Crippen LogP contribution in [0.2, 0.25) is 0 Å². The molecule has 0 saturated carbocycles. The molecule has 1 atom stereocenters. The quantitative estimate of drug-likeness (QED) is 0.761. The van der Waals surface area contributed by atoms with Crippen LogP contribution in [0.3, 0.4) is 0 Å². The molecule has 0 saturated heterocycles. The van der Waals surface area contributed by atoms with Gasteiger partial charge in [0.1, 0.15) is 6.54 Å². The van der Waals surface area contributed by atoms with Gasteiger partial charge in [-0.25, -0.2) is 4.79 Å². The van der Waals surface area contributed by atoms with Crippen molar-refractivity contribution in [2.24, 2.45) is 0 Å². The summed E-state index contributed by atoms with van der Waals surface area (Å²) in [5.41, 5.74) is 2.29. The Bertz CT molecular complexity index is 459. The molecule has 98 valence electrons. The van der Waals surface area contributed by atoms with Crippen LogP contribution in [0, 0.1) is 0 Å². The van der Waals surface area contributed by atoms with Gasteiger partial charge in [0.15, 0.2) is 17.5 Å². The van der Waals surface area contributed by atoms with Gasteiger partial charge < -0.3 is 19.5 Å². The maximum Gasteiger partial charge on any atom is 0.364 e. The highest BCUT2D eigenvalue weighted by molar-refractivity contribution is 5.74. The lowest BCUT2D eigenvalue weighted by Crippen LogP contribution is -2.92. The second-order valence-corrected chi connectivity index (χ2v) is 4.25. The van der Waals surface area contributed by atoms with Crippen LogP contribution in [-0.4, -0.2) is 33.3 Å². The molecule has 2 N–H and O–H groups in total. The molecule has 1 aromatic rings. The summed E-state index contributed by atoms with van der Waals surface area (Å²) in [6.07, 6.45) is 0.655. The third-order valence-corrected chi connectivity index (χ3v) is 3.27. The summed E-state index contributed by atoms with van der Waals surface area (Å²) in [7, 11) is 4.64. The van der Waals surface area contributed by atoms with Crippen molar-refractivity contribution in [1.29, 1.82) is 0 Å². The Hall–Kier alpha value is -1.75. The highest BCUT2D eigenvalue weighted by Gasteiger charge is 2.29. The molecule has 2 rings (SSSR count). The number of benzene rings is 1. The average Bonchev–Trinajstić information content (AvgIpc) is 2.44. The SMILES string of the molecule is COC(=O)[C@@H]1Cc2cc(OC)c(OC)cc2C[NH2+]1. The van der Waals surface area contributed by atoms with Gasteiger partial charge in [-0.05, 0) is 17.7 Å². The van der Waals surface area contributed by atoms with Crippen LogP contribution < -0.4 is 14.8 Å². The fourth-order valence-corrected chi connectivity index (χ4v) is 2.26. The number of rotatable bonds is 3. The second kappa shape index (κ2) is 5.27. The van der Waals surface area contributed by atoms with Gasteiger partial charge in [-0.3, -0.25) is 0 Å². The van der Waals surface area contributed by atoms with E-state index in [4.69, 9.17) is 14.2 Å². The predicted molar refractivity (Wildman–Crippen MR) is 64.7 cm³/mol. The van der Waals surface area contributed by atoms with E-state index in [0.717, 1.165) is 17.9 Å². The Morgan fingerprint density at radius 1 is 1.17 bits per heavy atom. The molecule has 0 bridgehead atoms. The van der Waals surface area contributed by atoms with Crippen LogP contribution in [0.15, 0.2) is 12.1 Å². The van der Waals surface area contributed by atoms with E-state index in [9.17, 15) is 4.79 Å². The number of hydrogen-bond donors (Lipinski definition) is 1. The van der Waals surface area contributed by atoms with E-state index >= 15 is 0 Å². The van der Waals surface area contributed by atoms with E-state index in [-0.39, 0.29) is 12.0 Å². The van der Waals surface area contributed by atoms with E-state index in [1.165, 1.54) is 12.7 Å². The molecule has 1 aliphatic rings. The first kappa shape index (κ1) is 12.7. The van der Waals surface area contributed by atoms with E-state index in [1.54, 1.807) is 14.2 Å². The van der Waals surface area contributed by atoms with Crippen molar-refractivity contribution in [1.82, 2.24) is 0 Å². The normalized spacial score (nSPS) is 17.8. The van der Waals surface area contributed by atoms with Crippen molar-refractivity contribution in [2.75, 3.05) is 21.3 Å². The summed E-state index contributed by atoms with van der Waals surface area (Å²) in [5, 5.41) is 1.99. The van der Waals surface area contributed by atoms with Crippen LogP contribution in [0.5, 0.6) is 11.5 Å². The highest BCUT2D eigenvalue weighted by Crippen LogP contribution is 2.31. The number of ether oxygens (including phenoxy) is 3. The zero-order chi connectivity index (χ0) is 13.1. The molecule has 1 aliphatic heterocycles. The summed E-state index contributed by atoms with van der Waals surface area (Å²) < 4.78 is 15.3. The first-order chi connectivity index (χ1) is 8.69. The summed E-state index contributed by atoms with van der Waals surface area (Å²) >= 11 is 0. The molecule has 1 heterocycles. The minimum Gasteiger partial charge on any atom is -0.493 e. The van der Waals surface area contributed by atoms with E-state index < -0.39 is 0 Å². The Labute approximate surface area is 106 Å². The molecular weight excluding hydrogens is 234 g/mol. The molecule has 0 radical (unpaired) electrons. The summed E-state index contributed by atoms with van der Waals surface area (Å²) in [6.45, 7) is 0.745. The molecule has 18 heavy (non-hydrogen) atoms. The van der Waals surface area contributed by atoms with Gasteiger partial charge in [-0.2, -0.15) is 0 Å². The summed E-state index contributed by atoms with van der Waals surface area (Å²) in [5.74, 6) is 1.23. The Morgan fingerprint density at radius 3 is 2.33 bits per heavy atom. The molecule has 5 heteroatoms. The Kier molecular flexibility index (Phi) is 3.72. The first-order valence-corrected chi connectivity index (χ1v) is 5.84. The van der Waals surface area contributed by atoms with Crippen molar-refractivity contribution in [2.45, 2.75) is 19.0 Å². The summed E-state index contributed by atoms with van der Waals surface area (Å²) in [6, 6.07) is 3.75. The fraction of sp³-hybridized carbons (Fsp3) is 0.462.